The maximum Gasteiger partial charge on any atom is 0.364 e. The largest absolute Gasteiger partial charge is 0.461 e. The highest BCUT2D eigenvalue weighted by Gasteiger charge is 2.14. The number of carbonyl (C=O) groups is 1. The monoisotopic (exact) mass is 215 g/mol. The van der Waals surface area contributed by atoms with E-state index in [9.17, 15) is 9.59 Å². The Morgan fingerprint density at radius 2 is 2.36 bits per heavy atom. The lowest BCUT2D eigenvalue weighted by molar-refractivity contribution is 0.0514. The van der Waals surface area contributed by atoms with E-state index in [4.69, 9.17) is 12.2 Å². The molecule has 0 aliphatic rings. The number of hydrogen-bond acceptors (Lipinski definition) is 5. The topological polar surface area (TPSA) is 77.0 Å². The van der Waals surface area contributed by atoms with Gasteiger partial charge < -0.3 is 4.74 Å². The van der Waals surface area contributed by atoms with Crippen molar-refractivity contribution < 1.29 is 9.53 Å². The second-order valence-electron chi connectivity index (χ2n) is 2.45. The molecule has 0 fully saturated rings. The summed E-state index contributed by atoms with van der Waals surface area (Å²) in [5.74, 6) is -0.751. The normalized spacial score (nSPS) is 9.86. The van der Waals surface area contributed by atoms with E-state index < -0.39 is 11.5 Å². The third-order valence-electron chi connectivity index (χ3n) is 1.45. The molecule has 1 rings (SSSR count). The number of H-pyrrole nitrogens is 1. The maximum atomic E-state index is 11.2. The molecule has 0 saturated heterocycles. The molecule has 0 aromatic carbocycles. The molecule has 0 amide bonds. The summed E-state index contributed by atoms with van der Waals surface area (Å²) in [5.41, 5.74) is -0.922. The van der Waals surface area contributed by atoms with Gasteiger partial charge in [-0.05, 0) is 19.1 Å². The summed E-state index contributed by atoms with van der Waals surface area (Å²) < 4.78 is 6.02. The van der Waals surface area contributed by atoms with Gasteiger partial charge in [-0.3, -0.25) is 9.78 Å². The fourth-order valence-electron chi connectivity index (χ4n) is 0.811. The Morgan fingerprint density at radius 1 is 1.71 bits per heavy atom. The van der Waals surface area contributed by atoms with Crippen LogP contribution < -0.4 is 5.56 Å². The van der Waals surface area contributed by atoms with Crippen LogP contribution in [0.1, 0.15) is 17.4 Å². The predicted molar refractivity (Wildman–Crippen MR) is 50.6 cm³/mol. The zero-order valence-corrected chi connectivity index (χ0v) is 8.55. The summed E-state index contributed by atoms with van der Waals surface area (Å²) in [7, 11) is 1.53. The Kier molecular flexibility index (Phi) is 3.13. The van der Waals surface area contributed by atoms with Crippen molar-refractivity contribution in [3.63, 3.8) is 0 Å². The van der Waals surface area contributed by atoms with Gasteiger partial charge in [0.2, 0.25) is 5.69 Å². The second-order valence-corrected chi connectivity index (χ2v) is 2.84. The summed E-state index contributed by atoms with van der Waals surface area (Å²) >= 11 is 4.74. The number of nitrogens with one attached hydrogen (secondary N) is 1. The van der Waals surface area contributed by atoms with Gasteiger partial charge in [0.1, 0.15) is 0 Å². The van der Waals surface area contributed by atoms with E-state index in [0.717, 1.165) is 0 Å². The van der Waals surface area contributed by atoms with Crippen LogP contribution in [0.3, 0.4) is 0 Å². The minimum atomic E-state index is -0.751. The van der Waals surface area contributed by atoms with Crippen LogP contribution in [-0.2, 0) is 11.8 Å². The molecule has 1 aromatic rings. The molecule has 0 aliphatic carbocycles. The van der Waals surface area contributed by atoms with Crippen LogP contribution >= 0.6 is 12.2 Å². The third-order valence-corrected chi connectivity index (χ3v) is 1.81. The smallest absolute Gasteiger partial charge is 0.364 e. The van der Waals surface area contributed by atoms with Gasteiger partial charge >= 0.3 is 5.97 Å². The number of ether oxygens (including phenoxy) is 1. The van der Waals surface area contributed by atoms with Crippen LogP contribution in [0.2, 0.25) is 0 Å². The molecular formula is C7H9N3O3S. The predicted octanol–water partition coefficient (Wildman–Crippen LogP) is 0.0146. The highest BCUT2D eigenvalue weighted by Crippen LogP contribution is 1.89. The minimum Gasteiger partial charge on any atom is -0.461 e. The molecule has 1 aromatic heterocycles. The maximum absolute atomic E-state index is 11.2. The molecule has 0 atom stereocenters. The first-order chi connectivity index (χ1) is 6.56. The average molecular weight is 215 g/mol. The van der Waals surface area contributed by atoms with Gasteiger partial charge in [0.05, 0.1) is 6.61 Å². The van der Waals surface area contributed by atoms with E-state index >= 15 is 0 Å². The molecule has 1 heterocycles. The van der Waals surface area contributed by atoms with Gasteiger partial charge in [0.15, 0.2) is 4.77 Å². The molecule has 0 saturated carbocycles. The summed E-state index contributed by atoms with van der Waals surface area (Å²) in [6.45, 7) is 1.84. The summed E-state index contributed by atoms with van der Waals surface area (Å²) in [6, 6.07) is 0. The van der Waals surface area contributed by atoms with Crippen molar-refractivity contribution in [1.82, 2.24) is 14.8 Å². The van der Waals surface area contributed by atoms with E-state index in [0.29, 0.717) is 0 Å². The third kappa shape index (κ3) is 2.05. The van der Waals surface area contributed by atoms with Crippen molar-refractivity contribution in [2.75, 3.05) is 6.61 Å². The zero-order valence-electron chi connectivity index (χ0n) is 7.73. The number of hydrogen-bond donors (Lipinski definition) is 1. The van der Waals surface area contributed by atoms with Crippen molar-refractivity contribution in [3.8, 4) is 0 Å². The molecule has 0 aliphatic heterocycles. The van der Waals surface area contributed by atoms with Crippen molar-refractivity contribution in [2.45, 2.75) is 6.92 Å². The van der Waals surface area contributed by atoms with Gasteiger partial charge in [-0.2, -0.15) is 5.10 Å². The Hall–Kier alpha value is -1.50. The van der Waals surface area contributed by atoms with E-state index in [1.54, 1.807) is 6.92 Å². The summed E-state index contributed by atoms with van der Waals surface area (Å²) in [6.07, 6.45) is 0. The Morgan fingerprint density at radius 3 is 2.93 bits per heavy atom. The van der Waals surface area contributed by atoms with E-state index in [-0.39, 0.29) is 17.1 Å². The number of carbonyl (C=O) groups excluding carboxylic acids is 1. The average Bonchev–Trinajstić information content (AvgIpc) is 2.11. The molecule has 7 heteroatoms. The Bertz CT molecular complexity index is 462. The van der Waals surface area contributed by atoms with Gasteiger partial charge in [0.25, 0.3) is 5.56 Å². The van der Waals surface area contributed by atoms with Crippen LogP contribution in [0.4, 0.5) is 0 Å². The number of aryl methyl sites for hydroxylation is 1. The first-order valence-electron chi connectivity index (χ1n) is 3.91. The van der Waals surface area contributed by atoms with E-state index in [2.05, 4.69) is 14.8 Å². The molecule has 1 N–H and O–H groups in total. The Balaban J connectivity index is 3.23. The van der Waals surface area contributed by atoms with Crippen molar-refractivity contribution >= 4 is 18.2 Å². The number of esters is 1. The van der Waals surface area contributed by atoms with Crippen LogP contribution in [-0.4, -0.2) is 27.3 Å². The molecule has 14 heavy (non-hydrogen) atoms. The van der Waals surface area contributed by atoms with Crippen LogP contribution in [0.5, 0.6) is 0 Å². The number of aromatic nitrogens is 3. The minimum absolute atomic E-state index is 0.156. The lowest BCUT2D eigenvalue weighted by Gasteiger charge is -2.01. The molecular weight excluding hydrogens is 206 g/mol. The zero-order chi connectivity index (χ0) is 10.7. The van der Waals surface area contributed by atoms with Crippen LogP contribution in [0.25, 0.3) is 0 Å². The molecule has 0 spiro atoms. The molecule has 6 nitrogen and oxygen atoms in total. The quantitative estimate of drug-likeness (QED) is 0.555. The summed E-state index contributed by atoms with van der Waals surface area (Å²) in [5, 5.41) is 3.68. The fourth-order valence-corrected chi connectivity index (χ4v) is 0.945. The number of rotatable bonds is 2. The van der Waals surface area contributed by atoms with Crippen molar-refractivity contribution in [1.29, 1.82) is 0 Å². The van der Waals surface area contributed by atoms with E-state index in [1.165, 1.54) is 11.7 Å². The highest BCUT2D eigenvalue weighted by atomic mass is 32.1. The highest BCUT2D eigenvalue weighted by molar-refractivity contribution is 7.71. The van der Waals surface area contributed by atoms with E-state index in [1.807, 2.05) is 0 Å². The number of aromatic amines is 1. The van der Waals surface area contributed by atoms with Gasteiger partial charge in [0, 0.05) is 7.05 Å². The van der Waals surface area contributed by atoms with Crippen molar-refractivity contribution in [3.05, 3.63) is 20.8 Å². The molecule has 76 valence electrons. The van der Waals surface area contributed by atoms with Gasteiger partial charge in [-0.25, -0.2) is 9.48 Å². The first-order valence-corrected chi connectivity index (χ1v) is 4.31. The summed E-state index contributed by atoms with van der Waals surface area (Å²) in [4.78, 5) is 24.7. The molecule has 0 radical (unpaired) electrons. The SMILES string of the molecule is CCOC(=O)c1nn(C)c(=S)[nH]c1=O. The first kappa shape index (κ1) is 10.6. The number of nitrogens with zero attached hydrogens (tertiary/aromatic N) is 2. The lowest BCUT2D eigenvalue weighted by Crippen LogP contribution is -2.25. The van der Waals surface area contributed by atoms with Gasteiger partial charge in [-0.1, -0.05) is 0 Å². The lowest BCUT2D eigenvalue weighted by atomic mass is 10.5. The second kappa shape index (κ2) is 4.14. The fraction of sp³-hybridized carbons (Fsp3) is 0.429. The molecule has 0 unspecified atom stereocenters. The standard InChI is InChI=1S/C7H9N3O3S/c1-3-13-6(12)4-5(11)8-7(14)10(2)9-4/h3H2,1-2H3,(H,8,11,14). The van der Waals surface area contributed by atoms with Crippen LogP contribution in [0.15, 0.2) is 4.79 Å². The van der Waals surface area contributed by atoms with Gasteiger partial charge in [-0.15, -0.1) is 0 Å². The van der Waals surface area contributed by atoms with Crippen molar-refractivity contribution in [2.24, 2.45) is 7.05 Å². The Labute approximate surface area is 84.5 Å². The molecule has 0 bridgehead atoms. The van der Waals surface area contributed by atoms with Crippen LogP contribution in [0, 0.1) is 4.77 Å².